The molecule has 0 aliphatic carbocycles. The lowest BCUT2D eigenvalue weighted by Crippen LogP contribution is -2.30. The number of hydrogen-bond donors (Lipinski definition) is 1. The molecule has 0 saturated heterocycles. The average Bonchev–Trinajstić information content (AvgIpc) is 3.21. The maximum absolute atomic E-state index is 14.6. The largest absolute Gasteiger partial charge is 0.406 e. The molecule has 0 radical (unpaired) electrons. The predicted octanol–water partition coefficient (Wildman–Crippen LogP) is 3.54. The molecule has 36 heavy (non-hydrogen) atoms. The first-order chi connectivity index (χ1) is 16.8. The van der Waals surface area contributed by atoms with E-state index in [1.807, 2.05) is 0 Å². The number of fused-ring (bicyclic) bond motifs is 2. The highest BCUT2D eigenvalue weighted by molar-refractivity contribution is 7.90. The Morgan fingerprint density at radius 2 is 1.69 bits per heavy atom. The lowest BCUT2D eigenvalue weighted by molar-refractivity contribution is -0.140. The first kappa shape index (κ1) is 25.9. The van der Waals surface area contributed by atoms with Gasteiger partial charge >= 0.3 is 11.9 Å². The molecule has 0 spiro atoms. The standard InChI is InChI=1S/C23H23F5N4O3S/c1-36(34,35)6-2-5-30-17(8-15-7-14(11-29)3-4-19(15)30)12-31-20-10-16(24)9-18(25)21(20)32(22(31)33)13-23(26,27)28/h3-4,7-10H,2,5-6,11-13,29H2,1H3. The topological polar surface area (TPSA) is 92.0 Å². The molecule has 0 amide bonds. The SMILES string of the molecule is CS(=O)(=O)CCCn1c(Cn2c(=O)n(CC(F)(F)F)c3c(F)cc(F)cc32)cc2cc(CN)ccc21. The Hall–Kier alpha value is -3.19. The zero-order chi connectivity index (χ0) is 26.4. The van der Waals surface area contributed by atoms with Gasteiger partial charge in [0.2, 0.25) is 0 Å². The van der Waals surface area contributed by atoms with Crippen LogP contribution in [0.2, 0.25) is 0 Å². The molecule has 7 nitrogen and oxygen atoms in total. The third-order valence-electron chi connectivity index (χ3n) is 5.87. The van der Waals surface area contributed by atoms with Crippen LogP contribution in [-0.2, 0) is 36.0 Å². The molecule has 0 saturated carbocycles. The highest BCUT2D eigenvalue weighted by atomic mass is 32.2. The highest BCUT2D eigenvalue weighted by Crippen LogP contribution is 2.27. The molecule has 194 valence electrons. The van der Waals surface area contributed by atoms with E-state index in [0.717, 1.165) is 27.8 Å². The van der Waals surface area contributed by atoms with Gasteiger partial charge in [-0.1, -0.05) is 6.07 Å². The summed E-state index contributed by atoms with van der Waals surface area (Å²) in [6, 6.07) is 8.30. The second-order valence-corrected chi connectivity index (χ2v) is 11.0. The number of nitrogens with zero attached hydrogens (tertiary/aromatic N) is 3. The Bertz CT molecular complexity index is 1620. The Labute approximate surface area is 202 Å². The van der Waals surface area contributed by atoms with Crippen molar-refractivity contribution in [1.82, 2.24) is 13.7 Å². The van der Waals surface area contributed by atoms with Gasteiger partial charge in [-0.25, -0.2) is 22.0 Å². The van der Waals surface area contributed by atoms with E-state index in [2.05, 4.69) is 0 Å². The van der Waals surface area contributed by atoms with Crippen LogP contribution >= 0.6 is 0 Å². The zero-order valence-corrected chi connectivity index (χ0v) is 20.0. The molecule has 0 aliphatic rings. The number of benzene rings is 2. The van der Waals surface area contributed by atoms with Crippen molar-refractivity contribution in [3.05, 3.63) is 69.8 Å². The van der Waals surface area contributed by atoms with Crippen molar-refractivity contribution in [2.75, 3.05) is 12.0 Å². The first-order valence-corrected chi connectivity index (χ1v) is 13.0. The number of sulfone groups is 1. The summed E-state index contributed by atoms with van der Waals surface area (Å²) in [5.41, 5.74) is 5.55. The summed E-state index contributed by atoms with van der Waals surface area (Å²) in [5.74, 6) is -2.43. The smallest absolute Gasteiger partial charge is 0.343 e. The van der Waals surface area contributed by atoms with Crippen molar-refractivity contribution in [2.45, 2.75) is 38.8 Å². The van der Waals surface area contributed by atoms with Crippen LogP contribution in [0.5, 0.6) is 0 Å². The van der Waals surface area contributed by atoms with Gasteiger partial charge in [-0.05, 0) is 30.2 Å². The number of alkyl halides is 3. The Balaban J connectivity index is 1.88. The first-order valence-electron chi connectivity index (χ1n) is 10.9. The minimum Gasteiger partial charge on any atom is -0.343 e. The fourth-order valence-electron chi connectivity index (χ4n) is 4.39. The number of aryl methyl sites for hydroxylation is 1. The summed E-state index contributed by atoms with van der Waals surface area (Å²) in [6.45, 7) is -1.55. The Kier molecular flexibility index (Phi) is 6.73. The van der Waals surface area contributed by atoms with Gasteiger partial charge in [-0.15, -0.1) is 0 Å². The van der Waals surface area contributed by atoms with Crippen LogP contribution in [0.15, 0.2) is 41.2 Å². The molecule has 2 aromatic heterocycles. The molecule has 0 bridgehead atoms. The van der Waals surface area contributed by atoms with Crippen LogP contribution in [0, 0.1) is 11.6 Å². The number of aromatic nitrogens is 3. The van der Waals surface area contributed by atoms with Crippen molar-refractivity contribution < 1.29 is 30.4 Å². The van der Waals surface area contributed by atoms with Gasteiger partial charge in [0.15, 0.2) is 5.82 Å². The average molecular weight is 531 g/mol. The van der Waals surface area contributed by atoms with Gasteiger partial charge in [0, 0.05) is 48.1 Å². The number of halogens is 5. The molecule has 2 aromatic carbocycles. The number of nitrogens with two attached hydrogens (primary N) is 1. The van der Waals surface area contributed by atoms with Crippen LogP contribution in [0.4, 0.5) is 22.0 Å². The predicted molar refractivity (Wildman–Crippen MR) is 125 cm³/mol. The second-order valence-electron chi connectivity index (χ2n) is 8.69. The summed E-state index contributed by atoms with van der Waals surface area (Å²) in [4.78, 5) is 13.0. The second kappa shape index (κ2) is 9.36. The highest BCUT2D eigenvalue weighted by Gasteiger charge is 2.32. The minimum absolute atomic E-state index is 0.103. The van der Waals surface area contributed by atoms with Crippen molar-refractivity contribution in [3.8, 4) is 0 Å². The van der Waals surface area contributed by atoms with Crippen LogP contribution in [0.25, 0.3) is 21.9 Å². The van der Waals surface area contributed by atoms with E-state index in [-0.39, 0.29) is 41.9 Å². The van der Waals surface area contributed by atoms with E-state index in [1.165, 1.54) is 0 Å². The van der Waals surface area contributed by atoms with Crippen molar-refractivity contribution >= 4 is 31.8 Å². The van der Waals surface area contributed by atoms with E-state index >= 15 is 0 Å². The fourth-order valence-corrected chi connectivity index (χ4v) is 5.05. The molecule has 0 unspecified atom stereocenters. The van der Waals surface area contributed by atoms with E-state index in [9.17, 15) is 35.2 Å². The molecular weight excluding hydrogens is 507 g/mol. The Morgan fingerprint density at radius 1 is 0.972 bits per heavy atom. The lowest BCUT2D eigenvalue weighted by atomic mass is 10.1. The summed E-state index contributed by atoms with van der Waals surface area (Å²) >= 11 is 0. The summed E-state index contributed by atoms with van der Waals surface area (Å²) in [5, 5.41) is 0.719. The van der Waals surface area contributed by atoms with E-state index in [1.54, 1.807) is 28.8 Å². The maximum Gasteiger partial charge on any atom is 0.406 e. The van der Waals surface area contributed by atoms with Gasteiger partial charge in [0.05, 0.1) is 17.8 Å². The van der Waals surface area contributed by atoms with Crippen molar-refractivity contribution in [3.63, 3.8) is 0 Å². The molecule has 2 N–H and O–H groups in total. The monoisotopic (exact) mass is 530 g/mol. The molecule has 0 atom stereocenters. The van der Waals surface area contributed by atoms with E-state index in [0.29, 0.717) is 17.3 Å². The van der Waals surface area contributed by atoms with Crippen LogP contribution < -0.4 is 11.4 Å². The maximum atomic E-state index is 14.6. The summed E-state index contributed by atoms with van der Waals surface area (Å²) < 4.78 is 94.3. The quantitative estimate of drug-likeness (QED) is 0.353. The lowest BCUT2D eigenvalue weighted by Gasteiger charge is -2.12. The van der Waals surface area contributed by atoms with Crippen molar-refractivity contribution in [2.24, 2.45) is 5.73 Å². The molecule has 0 fully saturated rings. The van der Waals surface area contributed by atoms with E-state index in [4.69, 9.17) is 5.73 Å². The number of hydrogen-bond acceptors (Lipinski definition) is 4. The molecule has 4 rings (SSSR count). The summed E-state index contributed by atoms with van der Waals surface area (Å²) in [7, 11) is -3.25. The molecule has 0 aliphatic heterocycles. The normalized spacial score (nSPS) is 12.8. The Morgan fingerprint density at radius 3 is 2.33 bits per heavy atom. The fraction of sp³-hybridized carbons (Fsp3) is 0.348. The summed E-state index contributed by atoms with van der Waals surface area (Å²) in [6.07, 6.45) is -3.47. The molecular formula is C23H23F5N4O3S. The van der Waals surface area contributed by atoms with Gasteiger partial charge in [-0.3, -0.25) is 9.13 Å². The van der Waals surface area contributed by atoms with Crippen LogP contribution in [0.1, 0.15) is 17.7 Å². The van der Waals surface area contributed by atoms with Gasteiger partial charge in [0.1, 0.15) is 27.7 Å². The third-order valence-corrected chi connectivity index (χ3v) is 6.90. The molecule has 13 heteroatoms. The van der Waals surface area contributed by atoms with Crippen LogP contribution in [0.3, 0.4) is 0 Å². The third kappa shape index (κ3) is 5.31. The zero-order valence-electron chi connectivity index (χ0n) is 19.1. The minimum atomic E-state index is -4.82. The number of imidazole rings is 1. The van der Waals surface area contributed by atoms with Crippen molar-refractivity contribution in [1.29, 1.82) is 0 Å². The van der Waals surface area contributed by atoms with Gasteiger partial charge in [-0.2, -0.15) is 13.2 Å². The van der Waals surface area contributed by atoms with Crippen LogP contribution in [-0.4, -0.2) is 40.3 Å². The number of rotatable bonds is 8. The molecule has 4 aromatic rings. The van der Waals surface area contributed by atoms with Gasteiger partial charge < -0.3 is 10.3 Å². The van der Waals surface area contributed by atoms with E-state index < -0.39 is 45.4 Å². The van der Waals surface area contributed by atoms with Gasteiger partial charge in [0.25, 0.3) is 0 Å². The molecule has 2 heterocycles.